The Hall–Kier alpha value is -3.36. The number of nitrogens with one attached hydrogen (secondary N) is 2. The second-order valence-electron chi connectivity index (χ2n) is 11.3. The summed E-state index contributed by atoms with van der Waals surface area (Å²) in [6, 6.07) is 11.9. The van der Waals surface area contributed by atoms with Crippen LogP contribution in [0.15, 0.2) is 54.6 Å². The first-order valence-electron chi connectivity index (χ1n) is 14.0. The normalized spacial score (nSPS) is 29.0. The lowest BCUT2D eigenvalue weighted by Crippen LogP contribution is -2.56. The Labute approximate surface area is 239 Å². The molecule has 40 heavy (non-hydrogen) atoms. The fourth-order valence-electron chi connectivity index (χ4n) is 6.79. The molecule has 2 saturated heterocycles. The summed E-state index contributed by atoms with van der Waals surface area (Å²) in [5, 5.41) is 6.69. The third-order valence-electron chi connectivity index (χ3n) is 8.83. The van der Waals surface area contributed by atoms with Crippen LogP contribution < -0.4 is 15.4 Å². The van der Waals surface area contributed by atoms with E-state index in [2.05, 4.69) is 10.6 Å². The first kappa shape index (κ1) is 26.8. The number of fused-ring (bicyclic) bond motifs is 1. The van der Waals surface area contributed by atoms with Gasteiger partial charge >= 0.3 is 0 Å². The zero-order chi connectivity index (χ0) is 28.0. The van der Waals surface area contributed by atoms with Gasteiger partial charge in [-0.2, -0.15) is 0 Å². The molecule has 2 N–H and O–H groups in total. The van der Waals surface area contributed by atoms with E-state index in [4.69, 9.17) is 21.1 Å². The molecule has 3 amide bonds. The highest BCUT2D eigenvalue weighted by Crippen LogP contribution is 2.55. The Balaban J connectivity index is 1.31. The monoisotopic (exact) mass is 563 g/mol. The van der Waals surface area contributed by atoms with E-state index >= 15 is 0 Å². The number of halogens is 1. The van der Waals surface area contributed by atoms with Crippen molar-refractivity contribution >= 4 is 35.0 Å². The molecular formula is C31H34ClN3O5. The van der Waals surface area contributed by atoms with Crippen molar-refractivity contribution < 1.29 is 23.9 Å². The number of ether oxygens (including phenoxy) is 2. The number of rotatable bonds is 7. The molecule has 6 rings (SSSR count). The van der Waals surface area contributed by atoms with E-state index in [1.165, 1.54) is 6.42 Å². The first-order chi connectivity index (χ1) is 19.3. The summed E-state index contributed by atoms with van der Waals surface area (Å²) in [4.78, 5) is 43.4. The number of hydrogen-bond acceptors (Lipinski definition) is 5. The second-order valence-corrected chi connectivity index (χ2v) is 11.7. The van der Waals surface area contributed by atoms with Crippen LogP contribution in [0, 0.1) is 18.8 Å². The first-order valence-corrected chi connectivity index (χ1v) is 14.4. The lowest BCUT2D eigenvalue weighted by Gasteiger charge is -2.34. The van der Waals surface area contributed by atoms with Crippen LogP contribution in [0.3, 0.4) is 0 Å². The van der Waals surface area contributed by atoms with Gasteiger partial charge in [0.1, 0.15) is 17.4 Å². The third-order valence-corrected chi connectivity index (χ3v) is 9.24. The zero-order valence-electron chi connectivity index (χ0n) is 22.7. The van der Waals surface area contributed by atoms with Gasteiger partial charge in [-0.05, 0) is 55.2 Å². The fourth-order valence-corrected chi connectivity index (χ4v) is 6.97. The number of anilines is 1. The standard InChI is InChI=1S/C31H34ClN3O5/c1-18-8-11-21(16-23(18)32)34-28(36)25-24-14-15-31(40-24)26(25)30(38)35(17-19-9-12-22(39-2)13-10-19)27(31)29(37)33-20-6-4-3-5-7-20/h8-16,20,24-27H,3-7,17H2,1-2H3,(H,33,37)(H,34,36). The Morgan fingerprint density at radius 1 is 1.10 bits per heavy atom. The van der Waals surface area contributed by atoms with Crippen molar-refractivity contribution in [2.24, 2.45) is 11.8 Å². The smallest absolute Gasteiger partial charge is 0.246 e. The van der Waals surface area contributed by atoms with E-state index in [1.807, 2.05) is 49.4 Å². The molecule has 2 aromatic rings. The predicted molar refractivity (Wildman–Crippen MR) is 151 cm³/mol. The van der Waals surface area contributed by atoms with Gasteiger partial charge in [0.05, 0.1) is 25.0 Å². The molecule has 1 spiro atoms. The van der Waals surface area contributed by atoms with E-state index in [9.17, 15) is 14.4 Å². The van der Waals surface area contributed by atoms with Crippen LogP contribution in [0.4, 0.5) is 5.69 Å². The average Bonchev–Trinajstić information content (AvgIpc) is 3.59. The number of hydrogen-bond donors (Lipinski definition) is 2. The van der Waals surface area contributed by atoms with E-state index in [-0.39, 0.29) is 30.3 Å². The maximum Gasteiger partial charge on any atom is 0.246 e. The molecule has 9 heteroatoms. The van der Waals surface area contributed by atoms with Crippen molar-refractivity contribution in [3.63, 3.8) is 0 Å². The van der Waals surface area contributed by atoms with E-state index in [1.54, 1.807) is 24.1 Å². The van der Waals surface area contributed by atoms with Gasteiger partial charge in [-0.15, -0.1) is 0 Å². The SMILES string of the molecule is COc1ccc(CN2C(=O)C3C(C(=O)Nc4ccc(C)c(Cl)c4)C4C=CC3(O4)C2C(=O)NC2CCCCC2)cc1. The van der Waals surface area contributed by atoms with Gasteiger partial charge in [-0.1, -0.05) is 61.2 Å². The summed E-state index contributed by atoms with van der Waals surface area (Å²) in [7, 11) is 1.60. The van der Waals surface area contributed by atoms with Gasteiger partial charge in [-0.3, -0.25) is 14.4 Å². The molecule has 5 unspecified atom stereocenters. The molecule has 3 heterocycles. The summed E-state index contributed by atoms with van der Waals surface area (Å²) in [5.74, 6) is -1.70. The van der Waals surface area contributed by atoms with Gasteiger partial charge in [0.2, 0.25) is 17.7 Å². The van der Waals surface area contributed by atoms with Gasteiger partial charge in [0.15, 0.2) is 0 Å². The van der Waals surface area contributed by atoms with Gasteiger partial charge in [0, 0.05) is 23.3 Å². The van der Waals surface area contributed by atoms with E-state index in [0.29, 0.717) is 16.5 Å². The summed E-state index contributed by atoms with van der Waals surface area (Å²) in [5.41, 5.74) is 1.10. The minimum absolute atomic E-state index is 0.0719. The van der Waals surface area contributed by atoms with Crippen molar-refractivity contribution in [2.45, 2.75) is 69.4 Å². The van der Waals surface area contributed by atoms with Crippen LogP contribution in [-0.2, 0) is 25.7 Å². The number of likely N-dealkylation sites (tertiary alicyclic amines) is 1. The Morgan fingerprint density at radius 3 is 2.55 bits per heavy atom. The van der Waals surface area contributed by atoms with E-state index < -0.39 is 29.6 Å². The fraction of sp³-hybridized carbons (Fsp3) is 0.452. The van der Waals surface area contributed by atoms with Crippen molar-refractivity contribution in [1.82, 2.24) is 10.2 Å². The Kier molecular flexibility index (Phi) is 7.09. The molecule has 2 aromatic carbocycles. The number of methoxy groups -OCH3 is 1. The highest BCUT2D eigenvalue weighted by molar-refractivity contribution is 6.31. The maximum atomic E-state index is 14.2. The highest BCUT2D eigenvalue weighted by Gasteiger charge is 2.72. The Bertz CT molecular complexity index is 1360. The summed E-state index contributed by atoms with van der Waals surface area (Å²) < 4.78 is 11.7. The van der Waals surface area contributed by atoms with E-state index in [0.717, 1.165) is 36.8 Å². The second kappa shape index (κ2) is 10.6. The predicted octanol–water partition coefficient (Wildman–Crippen LogP) is 4.40. The molecule has 3 aliphatic heterocycles. The van der Waals surface area contributed by atoms with Crippen LogP contribution in [-0.4, -0.2) is 53.5 Å². The molecule has 5 atom stereocenters. The van der Waals surface area contributed by atoms with Crippen LogP contribution in [0.2, 0.25) is 5.02 Å². The van der Waals surface area contributed by atoms with Crippen molar-refractivity contribution in [1.29, 1.82) is 0 Å². The number of carbonyl (C=O) groups excluding carboxylic acids is 3. The third kappa shape index (κ3) is 4.57. The van der Waals surface area contributed by atoms with Crippen LogP contribution in [0.1, 0.15) is 43.2 Å². The number of amides is 3. The molecule has 1 aliphatic carbocycles. The lowest BCUT2D eigenvalue weighted by atomic mass is 9.74. The van der Waals surface area contributed by atoms with Crippen molar-refractivity contribution in [3.05, 3.63) is 70.8 Å². The maximum absolute atomic E-state index is 14.2. The minimum atomic E-state index is -1.21. The zero-order valence-corrected chi connectivity index (χ0v) is 23.4. The molecule has 210 valence electrons. The number of nitrogens with zero attached hydrogens (tertiary/aromatic N) is 1. The lowest BCUT2D eigenvalue weighted by molar-refractivity contribution is -0.142. The van der Waals surface area contributed by atoms with Crippen LogP contribution >= 0.6 is 11.6 Å². The molecule has 2 bridgehead atoms. The van der Waals surface area contributed by atoms with Gasteiger partial charge in [-0.25, -0.2) is 0 Å². The molecule has 4 aliphatic rings. The highest BCUT2D eigenvalue weighted by atomic mass is 35.5. The molecule has 1 saturated carbocycles. The Morgan fingerprint density at radius 2 is 1.85 bits per heavy atom. The molecule has 0 radical (unpaired) electrons. The number of aryl methyl sites for hydroxylation is 1. The quantitative estimate of drug-likeness (QED) is 0.487. The number of carbonyl (C=O) groups is 3. The largest absolute Gasteiger partial charge is 0.497 e. The summed E-state index contributed by atoms with van der Waals surface area (Å²) in [6.45, 7) is 2.10. The average molecular weight is 564 g/mol. The number of benzene rings is 2. The summed E-state index contributed by atoms with van der Waals surface area (Å²) in [6.07, 6.45) is 8.22. The minimum Gasteiger partial charge on any atom is -0.497 e. The van der Waals surface area contributed by atoms with Crippen molar-refractivity contribution in [2.75, 3.05) is 12.4 Å². The van der Waals surface area contributed by atoms with Gasteiger partial charge in [0.25, 0.3) is 0 Å². The topological polar surface area (TPSA) is 97.0 Å². The van der Waals surface area contributed by atoms with Crippen LogP contribution in [0.5, 0.6) is 5.75 Å². The molecular weight excluding hydrogens is 530 g/mol. The van der Waals surface area contributed by atoms with Gasteiger partial charge < -0.3 is 25.0 Å². The molecule has 3 fully saturated rings. The summed E-state index contributed by atoms with van der Waals surface area (Å²) >= 11 is 6.28. The molecule has 8 nitrogen and oxygen atoms in total. The van der Waals surface area contributed by atoms with Crippen molar-refractivity contribution in [3.8, 4) is 5.75 Å². The van der Waals surface area contributed by atoms with Crippen LogP contribution in [0.25, 0.3) is 0 Å². The molecule has 0 aromatic heterocycles.